The average molecular weight is 238 g/mol. The van der Waals surface area contributed by atoms with Crippen molar-refractivity contribution in [1.29, 1.82) is 5.26 Å². The van der Waals surface area contributed by atoms with Gasteiger partial charge in [-0.1, -0.05) is 0 Å². The molecule has 0 aliphatic rings. The second-order valence-electron chi connectivity index (χ2n) is 3.61. The molecule has 4 nitrogen and oxygen atoms in total. The third-order valence-electron chi connectivity index (χ3n) is 2.35. The molecule has 1 rings (SSSR count). The summed E-state index contributed by atoms with van der Waals surface area (Å²) in [5.74, 6) is -0.454. The van der Waals surface area contributed by atoms with E-state index in [4.69, 9.17) is 15.1 Å². The summed E-state index contributed by atoms with van der Waals surface area (Å²) in [4.78, 5) is 0. The fourth-order valence-corrected chi connectivity index (χ4v) is 1.42. The molecule has 0 saturated carbocycles. The Hall–Kier alpha value is -1.64. The maximum absolute atomic E-state index is 12.9. The third-order valence-corrected chi connectivity index (χ3v) is 2.35. The van der Waals surface area contributed by atoms with Crippen molar-refractivity contribution in [2.75, 3.05) is 25.6 Å². The smallest absolute Gasteiger partial charge is 0.124 e. The Morgan fingerprint density at radius 1 is 1.59 bits per heavy atom. The Labute approximate surface area is 99.6 Å². The number of aliphatic hydroxyl groups is 1. The van der Waals surface area contributed by atoms with Crippen molar-refractivity contribution in [3.8, 4) is 6.07 Å². The number of hydrogen-bond donors (Lipinski definition) is 2. The minimum atomic E-state index is -0.454. The fraction of sp³-hybridized carbons (Fsp3) is 0.417. The van der Waals surface area contributed by atoms with Gasteiger partial charge in [0.05, 0.1) is 23.9 Å². The quantitative estimate of drug-likeness (QED) is 0.788. The largest absolute Gasteiger partial charge is 0.394 e. The van der Waals surface area contributed by atoms with Crippen LogP contribution < -0.4 is 5.32 Å². The molecule has 2 N–H and O–H groups in total. The second kappa shape index (κ2) is 6.84. The van der Waals surface area contributed by atoms with E-state index in [9.17, 15) is 4.39 Å². The number of methoxy groups -OCH3 is 1. The third kappa shape index (κ3) is 4.02. The molecule has 0 radical (unpaired) electrons. The van der Waals surface area contributed by atoms with Gasteiger partial charge < -0.3 is 15.2 Å². The summed E-state index contributed by atoms with van der Waals surface area (Å²) in [5, 5.41) is 21.0. The first-order valence-electron chi connectivity index (χ1n) is 5.27. The molecule has 0 amide bonds. The van der Waals surface area contributed by atoms with Crippen LogP contribution in [0.4, 0.5) is 10.1 Å². The Kier molecular flexibility index (Phi) is 5.40. The SMILES string of the molecule is COCCC(CO)Nc1ccc(F)cc1C#N. The van der Waals surface area contributed by atoms with E-state index in [1.165, 1.54) is 12.1 Å². The van der Waals surface area contributed by atoms with Crippen LogP contribution in [-0.2, 0) is 4.74 Å². The van der Waals surface area contributed by atoms with Gasteiger partial charge in [0.2, 0.25) is 0 Å². The van der Waals surface area contributed by atoms with E-state index in [1.54, 1.807) is 7.11 Å². The molecule has 0 aliphatic carbocycles. The molecule has 17 heavy (non-hydrogen) atoms. The van der Waals surface area contributed by atoms with Crippen molar-refractivity contribution in [3.05, 3.63) is 29.6 Å². The molecule has 1 aromatic carbocycles. The first-order chi connectivity index (χ1) is 8.21. The van der Waals surface area contributed by atoms with Crippen LogP contribution in [0.3, 0.4) is 0 Å². The number of halogens is 1. The fourth-order valence-electron chi connectivity index (χ4n) is 1.42. The lowest BCUT2D eigenvalue weighted by Crippen LogP contribution is -2.25. The van der Waals surface area contributed by atoms with E-state index < -0.39 is 5.82 Å². The Morgan fingerprint density at radius 2 is 2.35 bits per heavy atom. The lowest BCUT2D eigenvalue weighted by molar-refractivity contribution is 0.174. The van der Waals surface area contributed by atoms with Crippen LogP contribution in [-0.4, -0.2) is 31.5 Å². The number of hydrogen-bond acceptors (Lipinski definition) is 4. The molecule has 1 atom stereocenters. The maximum Gasteiger partial charge on any atom is 0.124 e. The van der Waals surface area contributed by atoms with Crippen molar-refractivity contribution in [2.45, 2.75) is 12.5 Å². The molecule has 0 aliphatic heterocycles. The van der Waals surface area contributed by atoms with Crippen molar-refractivity contribution in [3.63, 3.8) is 0 Å². The first-order valence-corrected chi connectivity index (χ1v) is 5.27. The normalized spacial score (nSPS) is 11.9. The number of nitriles is 1. The van der Waals surface area contributed by atoms with Crippen LogP contribution in [0.2, 0.25) is 0 Å². The number of anilines is 1. The molecule has 0 heterocycles. The zero-order chi connectivity index (χ0) is 12.7. The lowest BCUT2D eigenvalue weighted by atomic mass is 10.1. The molecular weight excluding hydrogens is 223 g/mol. The molecule has 0 fully saturated rings. The zero-order valence-electron chi connectivity index (χ0n) is 9.61. The lowest BCUT2D eigenvalue weighted by Gasteiger charge is -2.17. The van der Waals surface area contributed by atoms with Gasteiger partial charge in [-0.05, 0) is 24.6 Å². The summed E-state index contributed by atoms with van der Waals surface area (Å²) in [6.45, 7) is 0.424. The van der Waals surface area contributed by atoms with Crippen LogP contribution >= 0.6 is 0 Å². The van der Waals surface area contributed by atoms with Crippen LogP contribution in [0.5, 0.6) is 0 Å². The molecule has 0 bridgehead atoms. The highest BCUT2D eigenvalue weighted by Gasteiger charge is 2.10. The van der Waals surface area contributed by atoms with E-state index in [2.05, 4.69) is 5.32 Å². The Morgan fingerprint density at radius 3 is 2.94 bits per heavy atom. The Balaban J connectivity index is 2.75. The average Bonchev–Trinajstić information content (AvgIpc) is 2.35. The number of nitrogens with zero attached hydrogens (tertiary/aromatic N) is 1. The first kappa shape index (κ1) is 13.4. The summed E-state index contributed by atoms with van der Waals surface area (Å²) in [6, 6.07) is 5.61. The molecule has 5 heteroatoms. The molecule has 0 spiro atoms. The Bertz CT molecular complexity index is 404. The van der Waals surface area contributed by atoms with E-state index in [0.717, 1.165) is 6.07 Å². The van der Waals surface area contributed by atoms with E-state index in [1.807, 2.05) is 6.07 Å². The van der Waals surface area contributed by atoms with Gasteiger partial charge >= 0.3 is 0 Å². The van der Waals surface area contributed by atoms with Crippen LogP contribution in [0.1, 0.15) is 12.0 Å². The number of ether oxygens (including phenoxy) is 1. The van der Waals surface area contributed by atoms with E-state index in [0.29, 0.717) is 18.7 Å². The van der Waals surface area contributed by atoms with Gasteiger partial charge in [0.1, 0.15) is 11.9 Å². The van der Waals surface area contributed by atoms with Gasteiger partial charge in [-0.3, -0.25) is 0 Å². The van der Waals surface area contributed by atoms with Crippen molar-refractivity contribution < 1.29 is 14.2 Å². The maximum atomic E-state index is 12.9. The highest BCUT2D eigenvalue weighted by Crippen LogP contribution is 2.17. The predicted molar refractivity (Wildman–Crippen MR) is 62.1 cm³/mol. The number of aliphatic hydroxyl groups excluding tert-OH is 1. The standard InChI is InChI=1S/C12H15FN2O2/c1-17-5-4-11(8-16)15-12-3-2-10(13)6-9(12)7-14/h2-3,6,11,15-16H,4-5,8H2,1H3. The van der Waals surface area contributed by atoms with Crippen LogP contribution in [0, 0.1) is 17.1 Å². The summed E-state index contributed by atoms with van der Waals surface area (Å²) >= 11 is 0. The summed E-state index contributed by atoms with van der Waals surface area (Å²) in [7, 11) is 1.58. The predicted octanol–water partition coefficient (Wildman–Crippen LogP) is 1.51. The topological polar surface area (TPSA) is 65.3 Å². The van der Waals surface area contributed by atoms with Gasteiger partial charge in [-0.2, -0.15) is 5.26 Å². The van der Waals surface area contributed by atoms with Crippen molar-refractivity contribution in [1.82, 2.24) is 0 Å². The summed E-state index contributed by atoms with van der Waals surface area (Å²) in [5.41, 5.74) is 0.741. The van der Waals surface area contributed by atoms with Gasteiger partial charge in [-0.25, -0.2) is 4.39 Å². The minimum Gasteiger partial charge on any atom is -0.394 e. The molecule has 1 aromatic rings. The summed E-state index contributed by atoms with van der Waals surface area (Å²) in [6.07, 6.45) is 0.606. The highest BCUT2D eigenvalue weighted by atomic mass is 19.1. The minimum absolute atomic E-state index is 0.0778. The summed E-state index contributed by atoms with van der Waals surface area (Å²) < 4.78 is 17.8. The number of rotatable bonds is 6. The van der Waals surface area contributed by atoms with Gasteiger partial charge in [0.15, 0.2) is 0 Å². The van der Waals surface area contributed by atoms with E-state index in [-0.39, 0.29) is 18.2 Å². The van der Waals surface area contributed by atoms with Crippen molar-refractivity contribution >= 4 is 5.69 Å². The van der Waals surface area contributed by atoms with Crippen molar-refractivity contribution in [2.24, 2.45) is 0 Å². The highest BCUT2D eigenvalue weighted by molar-refractivity contribution is 5.57. The molecule has 92 valence electrons. The van der Waals surface area contributed by atoms with Crippen LogP contribution in [0.15, 0.2) is 18.2 Å². The molecule has 1 unspecified atom stereocenters. The zero-order valence-corrected chi connectivity index (χ0v) is 9.61. The van der Waals surface area contributed by atoms with Gasteiger partial charge in [-0.15, -0.1) is 0 Å². The van der Waals surface area contributed by atoms with Gasteiger partial charge in [0, 0.05) is 13.7 Å². The number of nitrogens with one attached hydrogen (secondary N) is 1. The monoisotopic (exact) mass is 238 g/mol. The molecule has 0 aromatic heterocycles. The second-order valence-corrected chi connectivity index (χ2v) is 3.61. The van der Waals surface area contributed by atoms with Gasteiger partial charge in [0.25, 0.3) is 0 Å². The van der Waals surface area contributed by atoms with Crippen LogP contribution in [0.25, 0.3) is 0 Å². The van der Waals surface area contributed by atoms with E-state index >= 15 is 0 Å². The molecular formula is C12H15FN2O2. The number of benzene rings is 1. The molecule has 0 saturated heterocycles.